The van der Waals surface area contributed by atoms with E-state index in [1.807, 2.05) is 29.7 Å². The van der Waals surface area contributed by atoms with Crippen LogP contribution in [0, 0.1) is 0 Å². The second-order valence-corrected chi connectivity index (χ2v) is 4.29. The van der Waals surface area contributed by atoms with Gasteiger partial charge in [0.25, 0.3) is 0 Å². The lowest BCUT2D eigenvalue weighted by Crippen LogP contribution is -2.22. The third kappa shape index (κ3) is 3.35. The molecule has 0 aromatic carbocycles. The Morgan fingerprint density at radius 2 is 2.43 bits per heavy atom. The molecule has 0 saturated carbocycles. The van der Waals surface area contributed by atoms with E-state index in [2.05, 4.69) is 29.7 Å². The maximum Gasteiger partial charge on any atom is 0.0794 e. The fraction of sp³-hybridized carbons (Fsp3) is 0.700. The number of nitrogens with one attached hydrogen (secondary N) is 1. The molecule has 0 amide bonds. The van der Waals surface area contributed by atoms with E-state index in [0.29, 0.717) is 6.04 Å². The van der Waals surface area contributed by atoms with Crippen LogP contribution in [-0.4, -0.2) is 28.3 Å². The highest BCUT2D eigenvalue weighted by Gasteiger charge is 2.11. The predicted octanol–water partition coefficient (Wildman–Crippen LogP) is 1.82. The van der Waals surface area contributed by atoms with Crippen LogP contribution in [0.15, 0.2) is 12.3 Å². The molecule has 0 bridgehead atoms. The molecule has 1 N–H and O–H groups in total. The Hall–Kier alpha value is -0.480. The maximum absolute atomic E-state index is 4.43. The van der Waals surface area contributed by atoms with Gasteiger partial charge >= 0.3 is 0 Å². The van der Waals surface area contributed by atoms with Gasteiger partial charge in [-0.15, -0.1) is 0 Å². The first kappa shape index (κ1) is 11.6. The summed E-state index contributed by atoms with van der Waals surface area (Å²) >= 11 is 1.88. The van der Waals surface area contributed by atoms with Crippen LogP contribution in [-0.2, 0) is 7.05 Å². The van der Waals surface area contributed by atoms with Crippen molar-refractivity contribution in [3.8, 4) is 0 Å². The van der Waals surface area contributed by atoms with Crippen LogP contribution >= 0.6 is 11.8 Å². The topological polar surface area (TPSA) is 29.9 Å². The minimum atomic E-state index is 0.411. The van der Waals surface area contributed by atoms with Gasteiger partial charge in [0.2, 0.25) is 0 Å². The quantitative estimate of drug-likeness (QED) is 0.782. The maximum atomic E-state index is 4.43. The Morgan fingerprint density at radius 1 is 1.64 bits per heavy atom. The molecule has 0 aliphatic carbocycles. The molecule has 0 saturated heterocycles. The number of nitrogens with zero attached hydrogens (tertiary/aromatic N) is 2. The fourth-order valence-corrected chi connectivity index (χ4v) is 1.93. The molecule has 1 heterocycles. The van der Waals surface area contributed by atoms with Crippen molar-refractivity contribution in [1.29, 1.82) is 0 Å². The van der Waals surface area contributed by atoms with E-state index in [0.717, 1.165) is 18.7 Å². The van der Waals surface area contributed by atoms with Crippen molar-refractivity contribution >= 4 is 11.8 Å². The Kier molecular flexibility index (Phi) is 5.04. The van der Waals surface area contributed by atoms with Gasteiger partial charge in [0.15, 0.2) is 0 Å². The van der Waals surface area contributed by atoms with E-state index in [-0.39, 0.29) is 0 Å². The summed E-state index contributed by atoms with van der Waals surface area (Å²) in [6.07, 6.45) is 5.28. The van der Waals surface area contributed by atoms with Gasteiger partial charge in [-0.2, -0.15) is 16.9 Å². The normalized spacial score (nSPS) is 13.1. The molecule has 1 atom stereocenters. The van der Waals surface area contributed by atoms with E-state index in [1.54, 1.807) is 0 Å². The molecule has 0 radical (unpaired) electrons. The van der Waals surface area contributed by atoms with E-state index < -0.39 is 0 Å². The first-order valence-electron chi connectivity index (χ1n) is 4.99. The molecule has 80 valence electrons. The van der Waals surface area contributed by atoms with Crippen LogP contribution < -0.4 is 5.32 Å². The lowest BCUT2D eigenvalue weighted by Gasteiger charge is -2.14. The van der Waals surface area contributed by atoms with Gasteiger partial charge in [0.05, 0.1) is 11.7 Å². The van der Waals surface area contributed by atoms with Gasteiger partial charge in [0, 0.05) is 13.2 Å². The van der Waals surface area contributed by atoms with Gasteiger partial charge in [-0.3, -0.25) is 4.68 Å². The molecular weight excluding hydrogens is 194 g/mol. The Balaban J connectivity index is 2.57. The van der Waals surface area contributed by atoms with Crippen LogP contribution in [0.1, 0.15) is 25.1 Å². The van der Waals surface area contributed by atoms with Gasteiger partial charge in [-0.1, -0.05) is 6.92 Å². The summed E-state index contributed by atoms with van der Waals surface area (Å²) in [6, 6.07) is 2.50. The molecular formula is C10H19N3S. The molecule has 0 aliphatic heterocycles. The van der Waals surface area contributed by atoms with Gasteiger partial charge in [-0.05, 0) is 31.0 Å². The minimum Gasteiger partial charge on any atom is -0.309 e. The zero-order valence-electron chi connectivity index (χ0n) is 9.16. The number of thioether (sulfide) groups is 1. The summed E-state index contributed by atoms with van der Waals surface area (Å²) in [7, 11) is 1.96. The number of hydrogen-bond donors (Lipinski definition) is 1. The first-order chi connectivity index (χ1) is 6.77. The Bertz CT molecular complexity index is 260. The third-order valence-corrected chi connectivity index (χ3v) is 2.80. The van der Waals surface area contributed by atoms with Gasteiger partial charge < -0.3 is 5.32 Å². The van der Waals surface area contributed by atoms with Crippen molar-refractivity contribution < 1.29 is 0 Å². The summed E-state index contributed by atoms with van der Waals surface area (Å²) in [5.74, 6) is 1.17. The van der Waals surface area contributed by atoms with Crippen molar-refractivity contribution in [2.45, 2.75) is 19.4 Å². The first-order valence-corrected chi connectivity index (χ1v) is 6.39. The summed E-state index contributed by atoms with van der Waals surface area (Å²) in [5, 5.41) is 7.89. The van der Waals surface area contributed by atoms with Crippen LogP contribution in [0.2, 0.25) is 0 Å². The van der Waals surface area contributed by atoms with Crippen molar-refractivity contribution in [2.75, 3.05) is 18.6 Å². The highest BCUT2D eigenvalue weighted by molar-refractivity contribution is 7.98. The van der Waals surface area contributed by atoms with Crippen molar-refractivity contribution in [1.82, 2.24) is 15.1 Å². The molecule has 0 aliphatic rings. The molecule has 3 nitrogen and oxygen atoms in total. The third-order valence-electron chi connectivity index (χ3n) is 2.15. The summed E-state index contributed by atoms with van der Waals surface area (Å²) in [4.78, 5) is 0. The van der Waals surface area contributed by atoms with Crippen LogP contribution in [0.5, 0.6) is 0 Å². The number of aryl methyl sites for hydroxylation is 1. The zero-order valence-corrected chi connectivity index (χ0v) is 9.97. The van der Waals surface area contributed by atoms with Gasteiger partial charge in [0.1, 0.15) is 0 Å². The average molecular weight is 213 g/mol. The van der Waals surface area contributed by atoms with Crippen molar-refractivity contribution in [2.24, 2.45) is 7.05 Å². The fourth-order valence-electron chi connectivity index (χ4n) is 1.46. The van der Waals surface area contributed by atoms with Crippen LogP contribution in [0.3, 0.4) is 0 Å². The lowest BCUT2D eigenvalue weighted by atomic mass is 10.1. The predicted molar refractivity (Wildman–Crippen MR) is 62.6 cm³/mol. The van der Waals surface area contributed by atoms with Crippen molar-refractivity contribution in [3.05, 3.63) is 18.0 Å². The second kappa shape index (κ2) is 6.09. The van der Waals surface area contributed by atoms with E-state index in [4.69, 9.17) is 0 Å². The molecule has 4 heteroatoms. The number of rotatable bonds is 6. The molecule has 1 aromatic heterocycles. The van der Waals surface area contributed by atoms with E-state index >= 15 is 0 Å². The lowest BCUT2D eigenvalue weighted by molar-refractivity contribution is 0.520. The van der Waals surface area contributed by atoms with Crippen LogP contribution in [0.25, 0.3) is 0 Å². The highest BCUT2D eigenvalue weighted by atomic mass is 32.2. The molecule has 1 unspecified atom stereocenters. The SMILES string of the molecule is CCNC(CCSC)c1ccn(C)n1. The van der Waals surface area contributed by atoms with Crippen molar-refractivity contribution in [3.63, 3.8) is 0 Å². The smallest absolute Gasteiger partial charge is 0.0794 e. The molecule has 14 heavy (non-hydrogen) atoms. The summed E-state index contributed by atoms with van der Waals surface area (Å²) in [6.45, 7) is 3.13. The number of aromatic nitrogens is 2. The standard InChI is InChI=1S/C10H19N3S/c1-4-11-9(6-8-14-3)10-5-7-13(2)12-10/h5,7,9,11H,4,6,8H2,1-3H3. The van der Waals surface area contributed by atoms with Crippen LogP contribution in [0.4, 0.5) is 0 Å². The Morgan fingerprint density at radius 3 is 2.93 bits per heavy atom. The molecule has 1 rings (SSSR count). The largest absolute Gasteiger partial charge is 0.309 e. The second-order valence-electron chi connectivity index (χ2n) is 3.31. The highest BCUT2D eigenvalue weighted by Crippen LogP contribution is 2.16. The van der Waals surface area contributed by atoms with Gasteiger partial charge in [-0.25, -0.2) is 0 Å². The van der Waals surface area contributed by atoms with E-state index in [9.17, 15) is 0 Å². The number of hydrogen-bond acceptors (Lipinski definition) is 3. The molecule has 1 aromatic rings. The summed E-state index contributed by atoms with van der Waals surface area (Å²) in [5.41, 5.74) is 1.16. The monoisotopic (exact) mass is 213 g/mol. The Labute approximate surface area is 90.3 Å². The average Bonchev–Trinajstić information content (AvgIpc) is 2.59. The van der Waals surface area contributed by atoms with E-state index in [1.165, 1.54) is 5.75 Å². The molecule has 0 fully saturated rings. The minimum absolute atomic E-state index is 0.411. The summed E-state index contributed by atoms with van der Waals surface area (Å²) < 4.78 is 1.86. The molecule has 0 spiro atoms. The zero-order chi connectivity index (χ0) is 10.4.